The normalized spacial score (nSPS) is 14.5. The molecule has 0 radical (unpaired) electrons. The van der Waals surface area contributed by atoms with E-state index in [1.807, 2.05) is 30.3 Å². The topological polar surface area (TPSA) is 85.4 Å². The van der Waals surface area contributed by atoms with Crippen molar-refractivity contribution in [1.82, 2.24) is 15.2 Å². The second-order valence-electron chi connectivity index (χ2n) is 6.72. The molecular weight excluding hydrogens is 354 g/mol. The van der Waals surface area contributed by atoms with Crippen molar-refractivity contribution in [2.24, 2.45) is 0 Å². The Hall–Kier alpha value is -3.53. The highest BCUT2D eigenvalue weighted by molar-refractivity contribution is 5.78. The molecule has 142 valence electrons. The molecule has 4 rings (SSSR count). The zero-order chi connectivity index (χ0) is 19.3. The van der Waals surface area contributed by atoms with Crippen molar-refractivity contribution >= 4 is 22.8 Å². The number of furan rings is 1. The number of benzene rings is 1. The van der Waals surface area contributed by atoms with Crippen LogP contribution in [0.1, 0.15) is 17.7 Å². The predicted molar refractivity (Wildman–Crippen MR) is 106 cm³/mol. The van der Waals surface area contributed by atoms with Crippen LogP contribution in [0.3, 0.4) is 0 Å². The molecule has 7 heteroatoms. The number of carbonyl (C=O) groups is 1. The van der Waals surface area contributed by atoms with Crippen LogP contribution in [0.5, 0.6) is 0 Å². The molecule has 1 aromatic carbocycles. The zero-order valence-corrected chi connectivity index (χ0v) is 15.5. The minimum atomic E-state index is -0.108. The summed E-state index contributed by atoms with van der Waals surface area (Å²) in [5.41, 5.74) is 1.38. The summed E-state index contributed by atoms with van der Waals surface area (Å²) in [6.07, 6.45) is 2.51. The van der Waals surface area contributed by atoms with Gasteiger partial charge >= 0.3 is 6.03 Å². The molecule has 7 nitrogen and oxygen atoms in total. The van der Waals surface area contributed by atoms with Crippen LogP contribution in [0, 0.1) is 11.3 Å². The minimum Gasteiger partial charge on any atom is -0.459 e. The number of anilines is 1. The maximum atomic E-state index is 12.6. The third-order valence-corrected chi connectivity index (χ3v) is 4.88. The number of nitrogens with zero attached hydrogens (tertiary/aromatic N) is 4. The van der Waals surface area contributed by atoms with E-state index in [1.54, 1.807) is 23.2 Å². The zero-order valence-electron chi connectivity index (χ0n) is 15.5. The van der Waals surface area contributed by atoms with E-state index >= 15 is 0 Å². The van der Waals surface area contributed by atoms with Crippen LogP contribution < -0.4 is 10.2 Å². The lowest BCUT2D eigenvalue weighted by molar-refractivity contribution is 0.200. The highest BCUT2D eigenvalue weighted by Crippen LogP contribution is 2.20. The van der Waals surface area contributed by atoms with Crippen molar-refractivity contribution in [2.75, 3.05) is 31.1 Å². The van der Waals surface area contributed by atoms with E-state index in [0.717, 1.165) is 29.7 Å². The maximum Gasteiger partial charge on any atom is 0.317 e. The number of nitrogens with one attached hydrogen (secondary N) is 1. The Morgan fingerprint density at radius 3 is 2.93 bits per heavy atom. The highest BCUT2D eigenvalue weighted by Gasteiger charge is 2.21. The summed E-state index contributed by atoms with van der Waals surface area (Å²) in [6.45, 7) is 3.00. The number of amides is 2. The molecule has 1 aliphatic heterocycles. The number of carbonyl (C=O) groups excluding carboxylic acids is 1. The van der Waals surface area contributed by atoms with Crippen LogP contribution in [-0.4, -0.2) is 42.1 Å². The molecule has 0 spiro atoms. The number of rotatable bonds is 3. The summed E-state index contributed by atoms with van der Waals surface area (Å²) in [6, 6.07) is 15.3. The van der Waals surface area contributed by atoms with Gasteiger partial charge < -0.3 is 19.5 Å². The van der Waals surface area contributed by atoms with Gasteiger partial charge in [0.05, 0.1) is 12.1 Å². The molecule has 1 saturated heterocycles. The number of urea groups is 1. The molecule has 28 heavy (non-hydrogen) atoms. The summed E-state index contributed by atoms with van der Waals surface area (Å²) in [4.78, 5) is 20.8. The van der Waals surface area contributed by atoms with Crippen molar-refractivity contribution in [1.29, 1.82) is 5.26 Å². The molecule has 0 atom stereocenters. The predicted octanol–water partition coefficient (Wildman–Crippen LogP) is 3.12. The molecule has 0 unspecified atom stereocenters. The fourth-order valence-electron chi connectivity index (χ4n) is 3.47. The molecule has 0 aliphatic carbocycles. The van der Waals surface area contributed by atoms with E-state index in [0.29, 0.717) is 37.6 Å². The largest absolute Gasteiger partial charge is 0.459 e. The Kier molecular flexibility index (Phi) is 5.11. The molecule has 1 N–H and O–H groups in total. The summed E-state index contributed by atoms with van der Waals surface area (Å²) >= 11 is 0. The number of pyridine rings is 1. The lowest BCUT2D eigenvalue weighted by Crippen LogP contribution is -2.41. The van der Waals surface area contributed by atoms with Gasteiger partial charge in [0.1, 0.15) is 23.2 Å². The molecule has 0 saturated carbocycles. The van der Waals surface area contributed by atoms with Crippen LogP contribution in [-0.2, 0) is 6.54 Å². The quantitative estimate of drug-likeness (QED) is 0.760. The second-order valence-corrected chi connectivity index (χ2v) is 6.72. The molecule has 3 aromatic rings. The average Bonchev–Trinajstić information content (AvgIpc) is 2.99. The number of nitriles is 1. The summed E-state index contributed by atoms with van der Waals surface area (Å²) in [5, 5.41) is 13.3. The standard InChI is InChI=1S/C21H21N5O2/c22-14-17-6-3-8-23-20(17)25-9-4-10-26(12-11-25)21(27)24-15-18-13-16-5-1-2-7-19(16)28-18/h1-3,5-8,13H,4,9-12,15H2,(H,24,27). The van der Waals surface area contributed by atoms with Crippen molar-refractivity contribution in [3.63, 3.8) is 0 Å². The molecule has 2 amide bonds. The first-order valence-corrected chi connectivity index (χ1v) is 9.35. The van der Waals surface area contributed by atoms with Crippen LogP contribution in [0.25, 0.3) is 11.0 Å². The first-order valence-electron chi connectivity index (χ1n) is 9.35. The molecule has 0 bridgehead atoms. The van der Waals surface area contributed by atoms with Crippen molar-refractivity contribution in [3.05, 3.63) is 60.0 Å². The van der Waals surface area contributed by atoms with Crippen LogP contribution in [0.2, 0.25) is 0 Å². The van der Waals surface area contributed by atoms with Crippen LogP contribution in [0.4, 0.5) is 10.6 Å². The lowest BCUT2D eigenvalue weighted by atomic mass is 10.2. The second kappa shape index (κ2) is 8.01. The maximum absolute atomic E-state index is 12.6. The van der Waals surface area contributed by atoms with E-state index in [1.165, 1.54) is 0 Å². The molecule has 1 fully saturated rings. The number of hydrogen-bond acceptors (Lipinski definition) is 5. The Bertz CT molecular complexity index is 990. The van der Waals surface area contributed by atoms with Gasteiger partial charge in [-0.1, -0.05) is 18.2 Å². The van der Waals surface area contributed by atoms with Gasteiger partial charge in [0, 0.05) is 37.8 Å². The van der Waals surface area contributed by atoms with Crippen LogP contribution in [0.15, 0.2) is 53.1 Å². The van der Waals surface area contributed by atoms with E-state index in [-0.39, 0.29) is 6.03 Å². The van der Waals surface area contributed by atoms with Gasteiger partial charge in [-0.05, 0) is 30.7 Å². The van der Waals surface area contributed by atoms with E-state index in [9.17, 15) is 10.1 Å². The fourth-order valence-corrected chi connectivity index (χ4v) is 3.47. The summed E-state index contributed by atoms with van der Waals surface area (Å²) < 4.78 is 5.75. The first-order chi connectivity index (χ1) is 13.7. The van der Waals surface area contributed by atoms with Crippen molar-refractivity contribution < 1.29 is 9.21 Å². The van der Waals surface area contributed by atoms with Gasteiger partial charge in [-0.3, -0.25) is 0 Å². The first kappa shape index (κ1) is 17.9. The van der Waals surface area contributed by atoms with Gasteiger partial charge in [-0.2, -0.15) is 5.26 Å². The Morgan fingerprint density at radius 1 is 1.18 bits per heavy atom. The van der Waals surface area contributed by atoms with E-state index in [2.05, 4.69) is 21.3 Å². The van der Waals surface area contributed by atoms with E-state index in [4.69, 9.17) is 4.42 Å². The number of para-hydroxylation sites is 1. The van der Waals surface area contributed by atoms with Gasteiger partial charge in [-0.15, -0.1) is 0 Å². The highest BCUT2D eigenvalue weighted by atomic mass is 16.3. The number of hydrogen-bond donors (Lipinski definition) is 1. The monoisotopic (exact) mass is 375 g/mol. The lowest BCUT2D eigenvalue weighted by Gasteiger charge is -2.23. The van der Waals surface area contributed by atoms with Crippen molar-refractivity contribution in [3.8, 4) is 6.07 Å². The Balaban J connectivity index is 1.36. The summed E-state index contributed by atoms with van der Waals surface area (Å²) in [5.74, 6) is 1.42. The van der Waals surface area contributed by atoms with E-state index < -0.39 is 0 Å². The summed E-state index contributed by atoms with van der Waals surface area (Å²) in [7, 11) is 0. The SMILES string of the molecule is N#Cc1cccnc1N1CCCN(C(=O)NCc2cc3ccccc3o2)CC1. The van der Waals surface area contributed by atoms with Gasteiger partial charge in [0.2, 0.25) is 0 Å². The number of fused-ring (bicyclic) bond motifs is 1. The molecule has 3 heterocycles. The molecule has 1 aliphatic rings. The minimum absolute atomic E-state index is 0.108. The van der Waals surface area contributed by atoms with Gasteiger partial charge in [0.15, 0.2) is 0 Å². The Morgan fingerprint density at radius 2 is 2.07 bits per heavy atom. The fraction of sp³-hybridized carbons (Fsp3) is 0.286. The number of aromatic nitrogens is 1. The smallest absolute Gasteiger partial charge is 0.317 e. The molecule has 2 aromatic heterocycles. The van der Waals surface area contributed by atoms with Crippen LogP contribution >= 0.6 is 0 Å². The Labute approximate surface area is 163 Å². The third kappa shape index (κ3) is 3.76. The van der Waals surface area contributed by atoms with Gasteiger partial charge in [-0.25, -0.2) is 9.78 Å². The van der Waals surface area contributed by atoms with Gasteiger partial charge in [0.25, 0.3) is 0 Å². The van der Waals surface area contributed by atoms with Crippen molar-refractivity contribution in [2.45, 2.75) is 13.0 Å². The molecular formula is C21H21N5O2. The average molecular weight is 375 g/mol. The third-order valence-electron chi connectivity index (χ3n) is 4.88.